The first-order chi connectivity index (χ1) is 9.33. The van der Waals surface area contributed by atoms with E-state index in [2.05, 4.69) is 10.6 Å². The van der Waals surface area contributed by atoms with E-state index in [-0.39, 0.29) is 5.91 Å². The molecule has 1 aromatic carbocycles. The number of carbonyl (C=O) groups is 1. The van der Waals surface area contributed by atoms with Crippen LogP contribution in [0.25, 0.3) is 0 Å². The van der Waals surface area contributed by atoms with Gasteiger partial charge < -0.3 is 20.1 Å². The molecule has 1 saturated heterocycles. The number of amides is 1. The SMILES string of the molecule is O=C(NC1C2CNCC21)c1ccc2c(c1)OCCO2. The molecule has 5 nitrogen and oxygen atoms in total. The second-order valence-corrected chi connectivity index (χ2v) is 5.34. The van der Waals surface area contributed by atoms with Crippen molar-refractivity contribution in [3.8, 4) is 11.5 Å². The van der Waals surface area contributed by atoms with E-state index in [0.29, 0.717) is 42.4 Å². The molecule has 2 N–H and O–H groups in total. The molecule has 2 heterocycles. The van der Waals surface area contributed by atoms with E-state index in [1.165, 1.54) is 0 Å². The fraction of sp³-hybridized carbons (Fsp3) is 0.500. The first-order valence-electron chi connectivity index (χ1n) is 6.74. The lowest BCUT2D eigenvalue weighted by Crippen LogP contribution is -2.32. The van der Waals surface area contributed by atoms with Crippen LogP contribution < -0.4 is 20.1 Å². The summed E-state index contributed by atoms with van der Waals surface area (Å²) in [6.07, 6.45) is 0. The van der Waals surface area contributed by atoms with Crippen LogP contribution in [0, 0.1) is 11.8 Å². The van der Waals surface area contributed by atoms with E-state index < -0.39 is 0 Å². The molecular weight excluding hydrogens is 244 g/mol. The largest absolute Gasteiger partial charge is 0.486 e. The average molecular weight is 260 g/mol. The van der Waals surface area contributed by atoms with Gasteiger partial charge in [0.15, 0.2) is 11.5 Å². The molecule has 3 aliphatic rings. The normalized spacial score (nSPS) is 30.6. The third-order valence-corrected chi connectivity index (χ3v) is 4.19. The molecule has 2 unspecified atom stereocenters. The Morgan fingerprint density at radius 2 is 1.89 bits per heavy atom. The van der Waals surface area contributed by atoms with Crippen LogP contribution >= 0.6 is 0 Å². The van der Waals surface area contributed by atoms with Crippen LogP contribution in [0.5, 0.6) is 11.5 Å². The van der Waals surface area contributed by atoms with Crippen LogP contribution in [0.1, 0.15) is 10.4 Å². The smallest absolute Gasteiger partial charge is 0.251 e. The fourth-order valence-corrected chi connectivity index (χ4v) is 3.05. The second-order valence-electron chi connectivity index (χ2n) is 5.34. The molecule has 19 heavy (non-hydrogen) atoms. The highest BCUT2D eigenvalue weighted by Crippen LogP contribution is 2.41. The maximum absolute atomic E-state index is 12.2. The van der Waals surface area contributed by atoms with Crippen molar-refractivity contribution in [3.05, 3.63) is 23.8 Å². The van der Waals surface area contributed by atoms with Crippen LogP contribution in [0.2, 0.25) is 0 Å². The Hall–Kier alpha value is -1.75. The lowest BCUT2D eigenvalue weighted by Gasteiger charge is -2.18. The number of nitrogens with one attached hydrogen (secondary N) is 2. The summed E-state index contributed by atoms with van der Waals surface area (Å²) in [6.45, 7) is 3.15. The second kappa shape index (κ2) is 4.13. The number of fused-ring (bicyclic) bond motifs is 2. The van der Waals surface area contributed by atoms with E-state index in [1.54, 1.807) is 18.2 Å². The van der Waals surface area contributed by atoms with Crippen LogP contribution in [-0.4, -0.2) is 38.3 Å². The molecule has 0 spiro atoms. The number of rotatable bonds is 2. The zero-order valence-electron chi connectivity index (χ0n) is 10.5. The Labute approximate surface area is 111 Å². The average Bonchev–Trinajstić information content (AvgIpc) is 2.88. The zero-order valence-corrected chi connectivity index (χ0v) is 10.5. The van der Waals surface area contributed by atoms with Crippen molar-refractivity contribution in [2.45, 2.75) is 6.04 Å². The first kappa shape index (κ1) is 11.1. The van der Waals surface area contributed by atoms with Crippen molar-refractivity contribution in [1.29, 1.82) is 0 Å². The molecular formula is C14H16N2O3. The van der Waals surface area contributed by atoms with Crippen molar-refractivity contribution < 1.29 is 14.3 Å². The predicted molar refractivity (Wildman–Crippen MR) is 68.5 cm³/mol. The van der Waals surface area contributed by atoms with E-state index in [1.807, 2.05) is 0 Å². The van der Waals surface area contributed by atoms with Gasteiger partial charge in [0.1, 0.15) is 13.2 Å². The molecule has 1 aromatic rings. The Morgan fingerprint density at radius 1 is 1.16 bits per heavy atom. The van der Waals surface area contributed by atoms with Crippen LogP contribution in [0.3, 0.4) is 0 Å². The molecule has 0 bridgehead atoms. The van der Waals surface area contributed by atoms with Gasteiger partial charge in [0, 0.05) is 24.7 Å². The molecule has 1 saturated carbocycles. The van der Waals surface area contributed by atoms with Crippen molar-refractivity contribution in [3.63, 3.8) is 0 Å². The highest BCUT2D eigenvalue weighted by molar-refractivity contribution is 5.95. The molecule has 2 fully saturated rings. The number of piperidine rings is 1. The summed E-state index contributed by atoms with van der Waals surface area (Å²) in [7, 11) is 0. The van der Waals surface area contributed by atoms with Crippen molar-refractivity contribution >= 4 is 5.91 Å². The minimum absolute atomic E-state index is 0.0172. The topological polar surface area (TPSA) is 59.6 Å². The standard InChI is InChI=1S/C14H16N2O3/c17-14(16-13-9-6-15-7-10(9)13)8-1-2-11-12(5-8)19-4-3-18-11/h1-2,5,9-10,13,15H,3-4,6-7H2,(H,16,17). The van der Waals surface area contributed by atoms with Gasteiger partial charge in [-0.2, -0.15) is 0 Å². The third kappa shape index (κ3) is 1.85. The highest BCUT2D eigenvalue weighted by Gasteiger charge is 2.53. The molecule has 4 rings (SSSR count). The minimum atomic E-state index is -0.0172. The van der Waals surface area contributed by atoms with E-state index in [4.69, 9.17) is 9.47 Å². The molecule has 0 aromatic heterocycles. The van der Waals surface area contributed by atoms with Gasteiger partial charge in [-0.3, -0.25) is 4.79 Å². The summed E-state index contributed by atoms with van der Waals surface area (Å²) in [6, 6.07) is 5.71. The van der Waals surface area contributed by atoms with Gasteiger partial charge >= 0.3 is 0 Å². The molecule has 2 atom stereocenters. The van der Waals surface area contributed by atoms with Gasteiger partial charge in [0.2, 0.25) is 0 Å². The fourth-order valence-electron chi connectivity index (χ4n) is 3.05. The first-order valence-corrected chi connectivity index (χ1v) is 6.74. The number of ether oxygens (including phenoxy) is 2. The molecule has 1 amide bonds. The number of hydrogen-bond acceptors (Lipinski definition) is 4. The highest BCUT2D eigenvalue weighted by atomic mass is 16.6. The Kier molecular flexibility index (Phi) is 2.41. The Bertz CT molecular complexity index is 521. The van der Waals surface area contributed by atoms with Crippen LogP contribution in [0.15, 0.2) is 18.2 Å². The monoisotopic (exact) mass is 260 g/mol. The van der Waals surface area contributed by atoms with Gasteiger partial charge in [-0.25, -0.2) is 0 Å². The van der Waals surface area contributed by atoms with Gasteiger partial charge in [-0.05, 0) is 30.0 Å². The van der Waals surface area contributed by atoms with Gasteiger partial charge in [0.25, 0.3) is 5.91 Å². The Morgan fingerprint density at radius 3 is 2.68 bits per heavy atom. The van der Waals surface area contributed by atoms with Gasteiger partial charge in [0.05, 0.1) is 0 Å². The summed E-state index contributed by atoms with van der Waals surface area (Å²) in [5.74, 6) is 2.62. The molecule has 2 aliphatic heterocycles. The van der Waals surface area contributed by atoms with Crippen molar-refractivity contribution in [2.24, 2.45) is 11.8 Å². The van der Waals surface area contributed by atoms with E-state index >= 15 is 0 Å². The van der Waals surface area contributed by atoms with Crippen LogP contribution in [-0.2, 0) is 0 Å². The molecule has 1 aliphatic carbocycles. The summed E-state index contributed by atoms with van der Waals surface area (Å²) < 4.78 is 10.9. The third-order valence-electron chi connectivity index (χ3n) is 4.19. The summed E-state index contributed by atoms with van der Waals surface area (Å²) in [5, 5.41) is 6.42. The quantitative estimate of drug-likeness (QED) is 0.808. The summed E-state index contributed by atoms with van der Waals surface area (Å²) >= 11 is 0. The molecule has 5 heteroatoms. The molecule has 0 radical (unpaired) electrons. The Balaban J connectivity index is 1.48. The lowest BCUT2D eigenvalue weighted by atomic mass is 10.1. The van der Waals surface area contributed by atoms with Crippen LogP contribution in [0.4, 0.5) is 0 Å². The lowest BCUT2D eigenvalue weighted by molar-refractivity contribution is 0.0945. The summed E-state index contributed by atoms with van der Waals surface area (Å²) in [4.78, 5) is 12.2. The molecule has 100 valence electrons. The van der Waals surface area contributed by atoms with Gasteiger partial charge in [-0.1, -0.05) is 0 Å². The number of carbonyl (C=O) groups excluding carboxylic acids is 1. The number of benzene rings is 1. The predicted octanol–water partition coefficient (Wildman–Crippen LogP) is 0.405. The van der Waals surface area contributed by atoms with Gasteiger partial charge in [-0.15, -0.1) is 0 Å². The zero-order chi connectivity index (χ0) is 12.8. The van der Waals surface area contributed by atoms with E-state index in [0.717, 1.165) is 18.8 Å². The minimum Gasteiger partial charge on any atom is -0.486 e. The van der Waals surface area contributed by atoms with Crippen molar-refractivity contribution in [1.82, 2.24) is 10.6 Å². The van der Waals surface area contributed by atoms with E-state index in [9.17, 15) is 4.79 Å². The summed E-state index contributed by atoms with van der Waals surface area (Å²) in [5.41, 5.74) is 0.641. The number of hydrogen-bond donors (Lipinski definition) is 2. The maximum Gasteiger partial charge on any atom is 0.251 e. The van der Waals surface area contributed by atoms with Crippen molar-refractivity contribution in [2.75, 3.05) is 26.3 Å². The maximum atomic E-state index is 12.2.